The zero-order chi connectivity index (χ0) is 17.6. The monoisotopic (exact) mass is 357 g/mol. The molecule has 7 heteroatoms. The zero-order valence-corrected chi connectivity index (χ0v) is 15.2. The highest BCUT2D eigenvalue weighted by Crippen LogP contribution is 2.27. The molecule has 1 aliphatic carbocycles. The number of rotatable bonds is 8. The molecule has 1 unspecified atom stereocenters. The van der Waals surface area contributed by atoms with E-state index >= 15 is 0 Å². The minimum Gasteiger partial charge on any atom is -0.391 e. The van der Waals surface area contributed by atoms with Gasteiger partial charge in [0.1, 0.15) is 0 Å². The summed E-state index contributed by atoms with van der Waals surface area (Å²) in [4.78, 5) is 6.50. The summed E-state index contributed by atoms with van der Waals surface area (Å²) in [6.07, 6.45) is 3.55. The maximum Gasteiger partial charge on any atom is 0.208 e. The van der Waals surface area contributed by atoms with Gasteiger partial charge in [0.05, 0.1) is 12.2 Å². The third kappa shape index (κ3) is 4.82. The van der Waals surface area contributed by atoms with Crippen molar-refractivity contribution in [3.05, 3.63) is 29.3 Å². The number of fused-ring (bicyclic) bond motifs is 1. The van der Waals surface area contributed by atoms with Crippen molar-refractivity contribution >= 4 is 11.8 Å². The van der Waals surface area contributed by atoms with Gasteiger partial charge in [0.15, 0.2) is 5.82 Å². The van der Waals surface area contributed by atoms with Gasteiger partial charge in [0, 0.05) is 30.8 Å². The molecule has 1 atom stereocenters. The minimum atomic E-state index is -0.476. The van der Waals surface area contributed by atoms with E-state index in [0.717, 1.165) is 17.8 Å². The maximum absolute atomic E-state index is 10.1. The van der Waals surface area contributed by atoms with Crippen molar-refractivity contribution in [2.24, 2.45) is 0 Å². The number of aryl methyl sites for hydroxylation is 2. The summed E-state index contributed by atoms with van der Waals surface area (Å²) in [6.45, 7) is 1.21. The van der Waals surface area contributed by atoms with Crippen molar-refractivity contribution in [2.75, 3.05) is 25.9 Å². The number of hydrogen-bond donors (Lipinski definition) is 2. The van der Waals surface area contributed by atoms with Gasteiger partial charge in [-0.2, -0.15) is 5.26 Å². The lowest BCUT2D eigenvalue weighted by Crippen LogP contribution is -2.31. The molecule has 1 aromatic heterocycles. The average Bonchev–Trinajstić information content (AvgIpc) is 3.26. The van der Waals surface area contributed by atoms with E-state index in [2.05, 4.69) is 39.4 Å². The van der Waals surface area contributed by atoms with E-state index in [0.29, 0.717) is 30.4 Å². The number of nitriles is 1. The van der Waals surface area contributed by atoms with Crippen LogP contribution in [0.25, 0.3) is 11.4 Å². The Morgan fingerprint density at radius 1 is 1.40 bits per heavy atom. The van der Waals surface area contributed by atoms with E-state index in [1.54, 1.807) is 0 Å². The van der Waals surface area contributed by atoms with Crippen LogP contribution < -0.4 is 0 Å². The molecule has 0 saturated carbocycles. The second-order valence-corrected chi connectivity index (χ2v) is 7.43. The summed E-state index contributed by atoms with van der Waals surface area (Å²) in [6, 6.07) is 8.60. The number of nitrogens with zero attached hydrogens (tertiary/aromatic N) is 4. The zero-order valence-electron chi connectivity index (χ0n) is 14.4. The van der Waals surface area contributed by atoms with E-state index in [4.69, 9.17) is 5.26 Å². The van der Waals surface area contributed by atoms with E-state index in [1.807, 2.05) is 11.9 Å². The molecule has 2 N–H and O–H groups in total. The molecule has 0 radical (unpaired) electrons. The molecule has 0 spiro atoms. The van der Waals surface area contributed by atoms with Gasteiger partial charge in [-0.1, -0.05) is 23.9 Å². The Bertz CT molecular complexity index is 754. The van der Waals surface area contributed by atoms with Crippen LogP contribution in [-0.2, 0) is 12.8 Å². The number of H-pyrrole nitrogens is 1. The predicted molar refractivity (Wildman–Crippen MR) is 98.3 cm³/mol. The summed E-state index contributed by atoms with van der Waals surface area (Å²) >= 11 is 1.44. The van der Waals surface area contributed by atoms with Gasteiger partial charge in [-0.15, -0.1) is 5.10 Å². The Kier molecular flexibility index (Phi) is 6.08. The number of hydrogen-bond acceptors (Lipinski definition) is 6. The molecule has 1 aliphatic rings. The summed E-state index contributed by atoms with van der Waals surface area (Å²) in [7, 11) is 1.91. The molecule has 2 aromatic rings. The van der Waals surface area contributed by atoms with Crippen molar-refractivity contribution in [1.82, 2.24) is 20.1 Å². The Balaban J connectivity index is 1.53. The second-order valence-electron chi connectivity index (χ2n) is 6.44. The van der Waals surface area contributed by atoms with Crippen LogP contribution in [0.15, 0.2) is 23.4 Å². The fourth-order valence-corrected chi connectivity index (χ4v) is 3.79. The molecule has 0 aliphatic heterocycles. The van der Waals surface area contributed by atoms with Gasteiger partial charge in [0.25, 0.3) is 0 Å². The Labute approximate surface area is 152 Å². The van der Waals surface area contributed by atoms with Crippen LogP contribution in [0, 0.1) is 11.3 Å². The molecule has 1 heterocycles. The topological polar surface area (TPSA) is 88.8 Å². The SMILES string of the molecule is CN(CCC#N)CC(O)CSc1n[nH]c(-c2ccc3c(c2)CCC3)n1. The first kappa shape index (κ1) is 17.9. The molecule has 132 valence electrons. The van der Waals surface area contributed by atoms with E-state index in [-0.39, 0.29) is 0 Å². The van der Waals surface area contributed by atoms with Crippen LogP contribution in [-0.4, -0.2) is 57.2 Å². The van der Waals surface area contributed by atoms with Gasteiger partial charge >= 0.3 is 0 Å². The lowest BCUT2D eigenvalue weighted by atomic mass is 10.1. The lowest BCUT2D eigenvalue weighted by Gasteiger charge is -2.18. The third-order valence-corrected chi connectivity index (χ3v) is 5.36. The third-order valence-electron chi connectivity index (χ3n) is 4.37. The summed E-state index contributed by atoms with van der Waals surface area (Å²) in [5.74, 6) is 1.30. The summed E-state index contributed by atoms with van der Waals surface area (Å²) in [5.41, 5.74) is 3.93. The Morgan fingerprint density at radius 2 is 2.24 bits per heavy atom. The van der Waals surface area contributed by atoms with Crippen LogP contribution in [0.4, 0.5) is 0 Å². The number of aliphatic hydroxyl groups is 1. The van der Waals surface area contributed by atoms with Crippen molar-refractivity contribution in [3.63, 3.8) is 0 Å². The molecule has 1 aromatic carbocycles. The fourth-order valence-electron chi connectivity index (χ4n) is 3.07. The van der Waals surface area contributed by atoms with Gasteiger partial charge in [0.2, 0.25) is 5.16 Å². The van der Waals surface area contributed by atoms with Gasteiger partial charge in [-0.25, -0.2) is 4.98 Å². The quantitative estimate of drug-likeness (QED) is 0.705. The highest BCUT2D eigenvalue weighted by molar-refractivity contribution is 7.99. The van der Waals surface area contributed by atoms with Crippen LogP contribution in [0.2, 0.25) is 0 Å². The van der Waals surface area contributed by atoms with Gasteiger partial charge in [-0.3, -0.25) is 5.10 Å². The number of likely N-dealkylation sites (N-methyl/N-ethyl adjacent to an activating group) is 1. The van der Waals surface area contributed by atoms with E-state index in [1.165, 1.54) is 35.7 Å². The highest BCUT2D eigenvalue weighted by atomic mass is 32.2. The largest absolute Gasteiger partial charge is 0.391 e. The van der Waals surface area contributed by atoms with Crippen LogP contribution >= 0.6 is 11.8 Å². The van der Waals surface area contributed by atoms with Crippen molar-refractivity contribution in [1.29, 1.82) is 5.26 Å². The fraction of sp³-hybridized carbons (Fsp3) is 0.500. The molecule has 6 nitrogen and oxygen atoms in total. The number of benzene rings is 1. The predicted octanol–water partition coefficient (Wildman–Crippen LogP) is 2.26. The number of thioether (sulfide) groups is 1. The summed E-state index contributed by atoms with van der Waals surface area (Å²) in [5, 5.41) is 26.6. The lowest BCUT2D eigenvalue weighted by molar-refractivity contribution is 0.146. The van der Waals surface area contributed by atoms with Crippen LogP contribution in [0.1, 0.15) is 24.0 Å². The van der Waals surface area contributed by atoms with Crippen molar-refractivity contribution < 1.29 is 5.11 Å². The molecule has 0 amide bonds. The molecule has 0 saturated heterocycles. The maximum atomic E-state index is 10.1. The molecule has 3 rings (SSSR count). The Hall–Kier alpha value is -1.88. The standard InChI is InChI=1S/C18H23N5OS/c1-23(9-3-8-19)11-16(24)12-25-18-20-17(21-22-18)15-7-6-13-4-2-5-14(13)10-15/h6-7,10,16,24H,2-5,9,11-12H2,1H3,(H,20,21,22). The number of aromatic nitrogens is 3. The van der Waals surface area contributed by atoms with Crippen molar-refractivity contribution in [2.45, 2.75) is 36.9 Å². The van der Waals surface area contributed by atoms with Gasteiger partial charge < -0.3 is 10.0 Å². The smallest absolute Gasteiger partial charge is 0.208 e. The van der Waals surface area contributed by atoms with E-state index < -0.39 is 6.10 Å². The number of aromatic amines is 1. The normalized spacial score (nSPS) is 14.5. The first-order valence-corrected chi connectivity index (χ1v) is 9.55. The number of aliphatic hydroxyl groups excluding tert-OH is 1. The van der Waals surface area contributed by atoms with E-state index in [9.17, 15) is 5.11 Å². The van der Waals surface area contributed by atoms with Crippen LogP contribution in [0.5, 0.6) is 0 Å². The first-order chi connectivity index (χ1) is 12.2. The molecule has 0 bridgehead atoms. The summed E-state index contributed by atoms with van der Waals surface area (Å²) < 4.78 is 0. The van der Waals surface area contributed by atoms with Crippen molar-refractivity contribution in [3.8, 4) is 17.5 Å². The molecular formula is C18H23N5OS. The molecule has 0 fully saturated rings. The van der Waals surface area contributed by atoms with Gasteiger partial charge in [-0.05, 0) is 43.5 Å². The highest BCUT2D eigenvalue weighted by Gasteiger charge is 2.14. The minimum absolute atomic E-state index is 0.474. The second kappa shape index (κ2) is 8.48. The molecule has 25 heavy (non-hydrogen) atoms. The average molecular weight is 357 g/mol. The number of nitrogens with one attached hydrogen (secondary N) is 1. The van der Waals surface area contributed by atoms with Crippen LogP contribution in [0.3, 0.4) is 0 Å². The molecular weight excluding hydrogens is 334 g/mol. The first-order valence-electron chi connectivity index (χ1n) is 8.56. The Morgan fingerprint density at radius 3 is 3.08 bits per heavy atom.